The van der Waals surface area contributed by atoms with Gasteiger partial charge in [-0.1, -0.05) is 0 Å². The number of hydrogen-bond acceptors (Lipinski definition) is 6. The first kappa shape index (κ1) is 12.8. The van der Waals surface area contributed by atoms with Crippen molar-refractivity contribution in [2.45, 2.75) is 32.9 Å². The van der Waals surface area contributed by atoms with Crippen molar-refractivity contribution in [3.63, 3.8) is 0 Å². The van der Waals surface area contributed by atoms with Gasteiger partial charge < -0.3 is 5.73 Å². The monoisotopic (exact) mass is 265 g/mol. The normalized spacial score (nSPS) is 11.1. The van der Waals surface area contributed by atoms with Crippen LogP contribution in [0.5, 0.6) is 0 Å². The first-order chi connectivity index (χ1) is 8.61. The molecule has 7 heteroatoms. The molecule has 0 saturated carbocycles. The molecule has 0 aromatic carbocycles. The van der Waals surface area contributed by atoms with Crippen molar-refractivity contribution in [1.82, 2.24) is 19.7 Å². The van der Waals surface area contributed by atoms with E-state index in [-0.39, 0.29) is 18.2 Å². The van der Waals surface area contributed by atoms with Gasteiger partial charge >= 0.3 is 0 Å². The maximum atomic E-state index is 12.0. The van der Waals surface area contributed by atoms with Crippen molar-refractivity contribution in [3.8, 4) is 0 Å². The number of nitrogens with zero attached hydrogens (tertiary/aromatic N) is 4. The second-order valence-electron chi connectivity index (χ2n) is 4.15. The number of ketones is 1. The van der Waals surface area contributed by atoms with Crippen molar-refractivity contribution in [2.75, 3.05) is 0 Å². The first-order valence-corrected chi connectivity index (χ1v) is 6.55. The Balaban J connectivity index is 2.13. The lowest BCUT2D eigenvalue weighted by Crippen LogP contribution is -2.13. The summed E-state index contributed by atoms with van der Waals surface area (Å²) in [6.45, 7) is 4.36. The molecule has 0 radical (unpaired) electrons. The minimum Gasteiger partial charge on any atom is -0.325 e. The lowest BCUT2D eigenvalue weighted by Gasteiger charge is -2.07. The van der Waals surface area contributed by atoms with Crippen LogP contribution in [-0.4, -0.2) is 25.5 Å². The molecule has 0 aliphatic heterocycles. The Labute approximate surface area is 109 Å². The van der Waals surface area contributed by atoms with Gasteiger partial charge in [0.1, 0.15) is 22.9 Å². The quantitative estimate of drug-likeness (QED) is 0.821. The van der Waals surface area contributed by atoms with Crippen molar-refractivity contribution < 1.29 is 4.79 Å². The van der Waals surface area contributed by atoms with E-state index in [9.17, 15) is 4.79 Å². The molecule has 2 N–H and O–H groups in total. The fraction of sp³-hybridized carbons (Fsp3) is 0.455. The fourth-order valence-corrected chi connectivity index (χ4v) is 2.28. The summed E-state index contributed by atoms with van der Waals surface area (Å²) >= 11 is 1.40. The summed E-state index contributed by atoms with van der Waals surface area (Å²) in [6.07, 6.45) is 1.68. The molecule has 2 rings (SSSR count). The van der Waals surface area contributed by atoms with Crippen molar-refractivity contribution in [2.24, 2.45) is 5.73 Å². The second-order valence-corrected chi connectivity index (χ2v) is 5.09. The van der Waals surface area contributed by atoms with Gasteiger partial charge in [-0.05, 0) is 13.8 Å². The van der Waals surface area contributed by atoms with Gasteiger partial charge in [0, 0.05) is 18.0 Å². The number of hydrogen-bond donors (Lipinski definition) is 1. The molecule has 0 aliphatic carbocycles. The standard InChI is InChI=1S/C11H15N5OS/c1-7(2)16-10(13-6-14-16)3-9(17)8-5-18-11(4-12)15-8/h5-7H,3-4,12H2,1-2H3. The predicted molar refractivity (Wildman–Crippen MR) is 68.4 cm³/mol. The van der Waals surface area contributed by atoms with E-state index in [1.165, 1.54) is 17.7 Å². The van der Waals surface area contributed by atoms with E-state index in [4.69, 9.17) is 5.73 Å². The van der Waals surface area contributed by atoms with Gasteiger partial charge in [-0.25, -0.2) is 14.6 Å². The third-order valence-corrected chi connectivity index (χ3v) is 3.34. The van der Waals surface area contributed by atoms with Crippen molar-refractivity contribution in [1.29, 1.82) is 0 Å². The summed E-state index contributed by atoms with van der Waals surface area (Å²) in [5.41, 5.74) is 5.93. The van der Waals surface area contributed by atoms with Crippen molar-refractivity contribution >= 4 is 17.1 Å². The average Bonchev–Trinajstić information content (AvgIpc) is 2.96. The van der Waals surface area contributed by atoms with Crippen LogP contribution in [0.3, 0.4) is 0 Å². The highest BCUT2D eigenvalue weighted by molar-refractivity contribution is 7.09. The smallest absolute Gasteiger partial charge is 0.189 e. The van der Waals surface area contributed by atoms with E-state index < -0.39 is 0 Å². The highest BCUT2D eigenvalue weighted by Crippen LogP contribution is 2.12. The highest BCUT2D eigenvalue weighted by atomic mass is 32.1. The number of aromatic nitrogens is 4. The second kappa shape index (κ2) is 5.36. The molecule has 96 valence electrons. The summed E-state index contributed by atoms with van der Waals surface area (Å²) in [5, 5.41) is 6.60. The third-order valence-electron chi connectivity index (χ3n) is 2.47. The van der Waals surface area contributed by atoms with Gasteiger partial charge in [0.25, 0.3) is 0 Å². The minimum absolute atomic E-state index is 0.0548. The molecule has 2 aromatic rings. The molecule has 6 nitrogen and oxygen atoms in total. The minimum atomic E-state index is -0.0548. The Kier molecular flexibility index (Phi) is 3.83. The van der Waals surface area contributed by atoms with E-state index >= 15 is 0 Å². The number of rotatable bonds is 5. The molecular weight excluding hydrogens is 250 g/mol. The van der Waals surface area contributed by atoms with Gasteiger partial charge in [-0.2, -0.15) is 5.10 Å². The average molecular weight is 265 g/mol. The lowest BCUT2D eigenvalue weighted by molar-refractivity contribution is 0.0984. The SMILES string of the molecule is CC(C)n1ncnc1CC(=O)c1csc(CN)n1. The van der Waals surface area contributed by atoms with Gasteiger partial charge in [-0.15, -0.1) is 11.3 Å². The summed E-state index contributed by atoms with van der Waals surface area (Å²) < 4.78 is 1.74. The molecule has 0 aliphatic rings. The van der Waals surface area contributed by atoms with Gasteiger partial charge in [0.15, 0.2) is 5.78 Å². The molecule has 0 saturated heterocycles. The van der Waals surface area contributed by atoms with Crippen LogP contribution in [0, 0.1) is 0 Å². The molecular formula is C11H15N5OS. The molecule has 0 amide bonds. The lowest BCUT2D eigenvalue weighted by atomic mass is 10.2. The maximum absolute atomic E-state index is 12.0. The topological polar surface area (TPSA) is 86.7 Å². The number of nitrogens with two attached hydrogens (primary N) is 1. The van der Waals surface area contributed by atoms with E-state index in [1.54, 1.807) is 10.1 Å². The Morgan fingerprint density at radius 1 is 1.56 bits per heavy atom. The Morgan fingerprint density at radius 2 is 2.33 bits per heavy atom. The Morgan fingerprint density at radius 3 is 2.94 bits per heavy atom. The summed E-state index contributed by atoms with van der Waals surface area (Å²) in [4.78, 5) is 20.3. The number of thiazole rings is 1. The Hall–Kier alpha value is -1.60. The number of carbonyl (C=O) groups is 1. The van der Waals surface area contributed by atoms with E-state index in [2.05, 4.69) is 15.1 Å². The molecule has 0 unspecified atom stereocenters. The van der Waals surface area contributed by atoms with Gasteiger partial charge in [-0.3, -0.25) is 4.79 Å². The summed E-state index contributed by atoms with van der Waals surface area (Å²) in [6, 6.07) is 0.185. The summed E-state index contributed by atoms with van der Waals surface area (Å²) in [7, 11) is 0. The van der Waals surface area contributed by atoms with Crippen LogP contribution >= 0.6 is 11.3 Å². The van der Waals surface area contributed by atoms with E-state index in [0.717, 1.165) is 5.01 Å². The fourth-order valence-electron chi connectivity index (χ4n) is 1.60. The number of Topliss-reactive ketones (excluding diaryl/α,β-unsaturated/α-hetero) is 1. The van der Waals surface area contributed by atoms with Crippen LogP contribution in [0.2, 0.25) is 0 Å². The van der Waals surface area contributed by atoms with Gasteiger partial charge in [0.05, 0.1) is 6.42 Å². The molecule has 2 heterocycles. The van der Waals surface area contributed by atoms with Crippen LogP contribution in [-0.2, 0) is 13.0 Å². The molecule has 0 bridgehead atoms. The maximum Gasteiger partial charge on any atom is 0.189 e. The van der Waals surface area contributed by atoms with Crippen LogP contribution in [0.4, 0.5) is 0 Å². The third kappa shape index (κ3) is 2.62. The zero-order chi connectivity index (χ0) is 13.1. The highest BCUT2D eigenvalue weighted by Gasteiger charge is 2.16. The van der Waals surface area contributed by atoms with E-state index in [0.29, 0.717) is 18.1 Å². The van der Waals surface area contributed by atoms with Crippen LogP contribution in [0.1, 0.15) is 41.2 Å². The molecule has 18 heavy (non-hydrogen) atoms. The Bertz CT molecular complexity index is 545. The van der Waals surface area contributed by atoms with Crippen LogP contribution in [0.15, 0.2) is 11.7 Å². The largest absolute Gasteiger partial charge is 0.325 e. The molecule has 0 spiro atoms. The van der Waals surface area contributed by atoms with Gasteiger partial charge in [0.2, 0.25) is 0 Å². The zero-order valence-electron chi connectivity index (χ0n) is 10.3. The molecule has 0 atom stereocenters. The first-order valence-electron chi connectivity index (χ1n) is 5.68. The van der Waals surface area contributed by atoms with Crippen LogP contribution < -0.4 is 5.73 Å². The molecule has 0 fully saturated rings. The van der Waals surface area contributed by atoms with E-state index in [1.807, 2.05) is 13.8 Å². The summed E-state index contributed by atoms with van der Waals surface area (Å²) in [5.74, 6) is 0.609. The zero-order valence-corrected chi connectivity index (χ0v) is 11.1. The molecule has 2 aromatic heterocycles. The van der Waals surface area contributed by atoms with Crippen LogP contribution in [0.25, 0.3) is 0 Å². The number of carbonyl (C=O) groups excluding carboxylic acids is 1. The van der Waals surface area contributed by atoms with Crippen molar-refractivity contribution in [3.05, 3.63) is 28.2 Å². The predicted octanol–water partition coefficient (Wildman–Crippen LogP) is 1.20.